The summed E-state index contributed by atoms with van der Waals surface area (Å²) in [7, 11) is 0. The predicted octanol–water partition coefficient (Wildman–Crippen LogP) is 3.04. The number of rotatable bonds is 5. The van der Waals surface area contributed by atoms with E-state index in [4.69, 9.17) is 4.74 Å². The van der Waals surface area contributed by atoms with Crippen molar-refractivity contribution in [1.82, 2.24) is 15.0 Å². The highest BCUT2D eigenvalue weighted by Crippen LogP contribution is 2.39. The molecule has 0 spiro atoms. The second-order valence-electron chi connectivity index (χ2n) is 7.23. The Morgan fingerprint density at radius 1 is 1.03 bits per heavy atom. The molecule has 0 unspecified atom stereocenters. The van der Waals surface area contributed by atoms with Gasteiger partial charge in [-0.05, 0) is 46.3 Å². The summed E-state index contributed by atoms with van der Waals surface area (Å²) in [5.74, 6) is -4.92. The van der Waals surface area contributed by atoms with Gasteiger partial charge in [-0.1, -0.05) is 17.0 Å². The summed E-state index contributed by atoms with van der Waals surface area (Å²) >= 11 is 4.11. The van der Waals surface area contributed by atoms with Crippen molar-refractivity contribution in [2.45, 2.75) is 34.7 Å². The molecule has 2 heterocycles. The van der Waals surface area contributed by atoms with E-state index < -0.39 is 59.7 Å². The minimum absolute atomic E-state index is 0.0362. The number of thioether (sulfide) groups is 1. The van der Waals surface area contributed by atoms with Crippen LogP contribution in [0.15, 0.2) is 45.9 Å². The van der Waals surface area contributed by atoms with Gasteiger partial charge in [-0.3, -0.25) is 0 Å². The van der Waals surface area contributed by atoms with Crippen molar-refractivity contribution >= 4 is 27.7 Å². The normalized spacial score (nSPS) is 25.4. The van der Waals surface area contributed by atoms with Crippen LogP contribution >= 0.6 is 27.7 Å². The first-order chi connectivity index (χ1) is 15.7. The van der Waals surface area contributed by atoms with Crippen LogP contribution in [-0.4, -0.2) is 60.7 Å². The summed E-state index contributed by atoms with van der Waals surface area (Å²) in [6.45, 7) is -0.579. The first kappa shape index (κ1) is 24.1. The zero-order valence-corrected chi connectivity index (χ0v) is 18.9. The Balaban J connectivity index is 1.63. The average molecular weight is 550 g/mol. The Kier molecular flexibility index (Phi) is 7.07. The van der Waals surface area contributed by atoms with Gasteiger partial charge >= 0.3 is 0 Å². The molecule has 4 rings (SSSR count). The van der Waals surface area contributed by atoms with E-state index in [2.05, 4.69) is 26.2 Å². The van der Waals surface area contributed by atoms with E-state index in [1.807, 2.05) is 0 Å². The fraction of sp³-hybridized carbons (Fsp3) is 0.300. The number of aliphatic hydroxyl groups is 3. The molecule has 7 nitrogen and oxygen atoms in total. The maximum Gasteiger partial charge on any atom is 0.194 e. The molecule has 0 aliphatic carbocycles. The second kappa shape index (κ2) is 9.68. The highest BCUT2D eigenvalue weighted by atomic mass is 79.9. The van der Waals surface area contributed by atoms with Crippen molar-refractivity contribution in [3.8, 4) is 11.3 Å². The molecule has 33 heavy (non-hydrogen) atoms. The van der Waals surface area contributed by atoms with E-state index in [0.717, 1.165) is 28.6 Å². The summed E-state index contributed by atoms with van der Waals surface area (Å²) < 4.78 is 60.9. The van der Waals surface area contributed by atoms with Crippen LogP contribution in [0.25, 0.3) is 11.3 Å². The monoisotopic (exact) mass is 549 g/mol. The first-order valence-corrected chi connectivity index (χ1v) is 11.2. The zero-order chi connectivity index (χ0) is 23.9. The quantitative estimate of drug-likeness (QED) is 0.332. The van der Waals surface area contributed by atoms with Crippen molar-refractivity contribution in [3.05, 3.63) is 64.3 Å². The zero-order valence-electron chi connectivity index (χ0n) is 16.4. The van der Waals surface area contributed by atoms with Gasteiger partial charge in [0, 0.05) is 10.5 Å². The van der Waals surface area contributed by atoms with E-state index >= 15 is 0 Å². The summed E-state index contributed by atoms with van der Waals surface area (Å²) in [6.07, 6.45) is -2.68. The van der Waals surface area contributed by atoms with Gasteiger partial charge < -0.3 is 20.1 Å². The van der Waals surface area contributed by atoms with Gasteiger partial charge in [-0.25, -0.2) is 22.2 Å². The molecule has 13 heteroatoms. The third-order valence-corrected chi connectivity index (χ3v) is 6.84. The molecular formula is C20H16BrF4N3O4S. The number of benzene rings is 2. The molecule has 3 aromatic rings. The minimum atomic E-state index is -1.63. The summed E-state index contributed by atoms with van der Waals surface area (Å²) in [4.78, 5) is 0.538. The SMILES string of the molecule is OC[C@H]1O[C@H](Sc2ccc(F)c(Br)c2)[C@H](O)[C@@H](n2cc(-c3cc(F)c(F)c(F)c3)nn2)[C@H]1O. The van der Waals surface area contributed by atoms with E-state index in [0.29, 0.717) is 4.90 Å². The van der Waals surface area contributed by atoms with Gasteiger partial charge in [-0.2, -0.15) is 0 Å². The van der Waals surface area contributed by atoms with Crippen LogP contribution in [0.3, 0.4) is 0 Å². The van der Waals surface area contributed by atoms with Gasteiger partial charge in [0.05, 0.1) is 17.3 Å². The number of aromatic nitrogens is 3. The van der Waals surface area contributed by atoms with Gasteiger partial charge in [-0.15, -0.1) is 5.10 Å². The fourth-order valence-corrected chi connectivity index (χ4v) is 5.05. The summed E-state index contributed by atoms with van der Waals surface area (Å²) in [5, 5.41) is 38.9. The molecular weight excluding hydrogens is 534 g/mol. The molecule has 0 radical (unpaired) electrons. The van der Waals surface area contributed by atoms with Gasteiger partial charge in [0.1, 0.15) is 41.3 Å². The first-order valence-electron chi connectivity index (χ1n) is 9.50. The molecule has 176 valence electrons. The Labute approximate surface area is 197 Å². The molecule has 3 N–H and O–H groups in total. The van der Waals surface area contributed by atoms with Crippen molar-refractivity contribution in [2.75, 3.05) is 6.61 Å². The third-order valence-electron chi connectivity index (χ3n) is 5.09. The highest BCUT2D eigenvalue weighted by molar-refractivity contribution is 9.10. The number of ether oxygens (including phenoxy) is 1. The molecule has 1 aromatic heterocycles. The molecule has 5 atom stereocenters. The van der Waals surface area contributed by atoms with Crippen LogP contribution in [0.5, 0.6) is 0 Å². The number of halogens is 5. The lowest BCUT2D eigenvalue weighted by Crippen LogP contribution is -2.55. The lowest BCUT2D eigenvalue weighted by atomic mass is 9.97. The third kappa shape index (κ3) is 4.79. The Hall–Kier alpha value is -2.03. The standard InChI is InChI=1S/C20H16BrF4N3O4S/c21-10-5-9(1-2-11(10)22)33-20-19(31)17(18(30)15(7-29)32-20)28-6-14(26-27-28)8-3-12(23)16(25)13(24)4-8/h1-6,15,17-20,29-31H,7H2/t15-,17+,18+,19-,20-/m1/s1. The van der Waals surface area contributed by atoms with Gasteiger partial charge in [0.2, 0.25) is 0 Å². The van der Waals surface area contributed by atoms with E-state index in [1.165, 1.54) is 24.4 Å². The molecule has 0 bridgehead atoms. The maximum absolute atomic E-state index is 13.6. The van der Waals surface area contributed by atoms with Crippen molar-refractivity contribution in [3.63, 3.8) is 0 Å². The lowest BCUT2D eigenvalue weighted by Gasteiger charge is -2.41. The largest absolute Gasteiger partial charge is 0.394 e. The molecule has 1 fully saturated rings. The number of nitrogens with zero attached hydrogens (tertiary/aromatic N) is 3. The van der Waals surface area contributed by atoms with Crippen LogP contribution in [0.4, 0.5) is 17.6 Å². The van der Waals surface area contributed by atoms with Crippen LogP contribution in [0, 0.1) is 23.3 Å². The fourth-order valence-electron chi connectivity index (χ4n) is 3.42. The Bertz CT molecular complexity index is 1150. The lowest BCUT2D eigenvalue weighted by molar-refractivity contribution is -0.178. The number of hydrogen-bond donors (Lipinski definition) is 3. The van der Waals surface area contributed by atoms with E-state index in [1.54, 1.807) is 0 Å². The average Bonchev–Trinajstić information content (AvgIpc) is 3.26. The van der Waals surface area contributed by atoms with Crippen LogP contribution in [0.2, 0.25) is 0 Å². The summed E-state index contributed by atoms with van der Waals surface area (Å²) in [5.41, 5.74) is -1.14. The van der Waals surface area contributed by atoms with Crippen LogP contribution < -0.4 is 0 Å². The van der Waals surface area contributed by atoms with Gasteiger partial charge in [0.25, 0.3) is 0 Å². The summed E-state index contributed by atoms with van der Waals surface area (Å²) in [6, 6.07) is 4.50. The smallest absolute Gasteiger partial charge is 0.194 e. The van der Waals surface area contributed by atoms with Crippen molar-refractivity contribution < 1.29 is 37.6 Å². The van der Waals surface area contributed by atoms with Gasteiger partial charge in [0.15, 0.2) is 17.5 Å². The maximum atomic E-state index is 13.6. The molecule has 0 amide bonds. The number of hydrogen-bond acceptors (Lipinski definition) is 7. The van der Waals surface area contributed by atoms with E-state index in [-0.39, 0.29) is 15.7 Å². The van der Waals surface area contributed by atoms with Crippen molar-refractivity contribution in [2.24, 2.45) is 0 Å². The number of aliphatic hydroxyl groups excluding tert-OH is 3. The second-order valence-corrected chi connectivity index (χ2v) is 9.25. The Morgan fingerprint density at radius 2 is 1.73 bits per heavy atom. The Morgan fingerprint density at radius 3 is 2.36 bits per heavy atom. The topological polar surface area (TPSA) is 101 Å². The molecule has 1 saturated heterocycles. The predicted molar refractivity (Wildman–Crippen MR) is 112 cm³/mol. The van der Waals surface area contributed by atoms with E-state index in [9.17, 15) is 32.9 Å². The minimum Gasteiger partial charge on any atom is -0.394 e. The molecule has 0 saturated carbocycles. The van der Waals surface area contributed by atoms with Crippen LogP contribution in [-0.2, 0) is 4.74 Å². The molecule has 1 aliphatic heterocycles. The molecule has 1 aliphatic rings. The highest BCUT2D eigenvalue weighted by Gasteiger charge is 2.46. The van der Waals surface area contributed by atoms with Crippen molar-refractivity contribution in [1.29, 1.82) is 0 Å². The molecule has 2 aromatic carbocycles. The van der Waals surface area contributed by atoms with Crippen LogP contribution in [0.1, 0.15) is 6.04 Å².